The zero-order valence-electron chi connectivity index (χ0n) is 9.71. The van der Waals surface area contributed by atoms with Crippen molar-refractivity contribution in [2.75, 3.05) is 26.2 Å². The van der Waals surface area contributed by atoms with E-state index >= 15 is 0 Å². The normalized spacial score (nSPS) is 28.5. The minimum atomic E-state index is -3.39. The molecule has 18 heavy (non-hydrogen) atoms. The molecule has 0 aromatic carbocycles. The number of hydrogen-bond acceptors (Lipinski definition) is 4. The molecule has 7 heteroatoms. The van der Waals surface area contributed by atoms with Gasteiger partial charge in [-0.3, -0.25) is 4.98 Å². The number of nitrogens with zero attached hydrogens (tertiary/aromatic N) is 2. The Morgan fingerprint density at radius 2 is 1.94 bits per heavy atom. The van der Waals surface area contributed by atoms with Crippen LogP contribution in [0.3, 0.4) is 0 Å². The van der Waals surface area contributed by atoms with Gasteiger partial charge in [-0.15, -0.1) is 0 Å². The van der Waals surface area contributed by atoms with E-state index in [2.05, 4.69) is 26.2 Å². The zero-order valence-corrected chi connectivity index (χ0v) is 12.1. The molecular weight excluding hydrogens is 318 g/mol. The molecule has 0 saturated carbocycles. The molecule has 0 amide bonds. The summed E-state index contributed by atoms with van der Waals surface area (Å²) in [6.07, 6.45) is 2.99. The number of sulfonamides is 1. The van der Waals surface area contributed by atoms with Gasteiger partial charge in [0.2, 0.25) is 10.0 Å². The van der Waals surface area contributed by atoms with Crippen molar-refractivity contribution in [2.45, 2.75) is 4.90 Å². The van der Waals surface area contributed by atoms with Gasteiger partial charge >= 0.3 is 0 Å². The summed E-state index contributed by atoms with van der Waals surface area (Å²) < 4.78 is 27.2. The van der Waals surface area contributed by atoms with E-state index in [1.54, 1.807) is 16.6 Å². The molecule has 0 radical (unpaired) electrons. The molecule has 0 aliphatic carbocycles. The van der Waals surface area contributed by atoms with E-state index in [-0.39, 0.29) is 4.90 Å². The van der Waals surface area contributed by atoms with Crippen molar-refractivity contribution >= 4 is 26.0 Å². The summed E-state index contributed by atoms with van der Waals surface area (Å²) in [5.74, 6) is 0.916. The minimum absolute atomic E-state index is 0.268. The van der Waals surface area contributed by atoms with Crippen LogP contribution in [0.15, 0.2) is 27.8 Å². The molecule has 0 unspecified atom stereocenters. The van der Waals surface area contributed by atoms with E-state index in [4.69, 9.17) is 0 Å². The van der Waals surface area contributed by atoms with Gasteiger partial charge in [0.1, 0.15) is 4.90 Å². The monoisotopic (exact) mass is 331 g/mol. The Morgan fingerprint density at radius 3 is 2.56 bits per heavy atom. The van der Waals surface area contributed by atoms with Crippen LogP contribution in [0.25, 0.3) is 0 Å². The third-order valence-corrected chi connectivity index (χ3v) is 5.90. The Morgan fingerprint density at radius 1 is 1.28 bits per heavy atom. The first-order valence-corrected chi connectivity index (χ1v) is 8.12. The quantitative estimate of drug-likeness (QED) is 0.865. The van der Waals surface area contributed by atoms with Crippen LogP contribution < -0.4 is 5.32 Å². The van der Waals surface area contributed by atoms with E-state index in [0.29, 0.717) is 29.4 Å². The van der Waals surface area contributed by atoms with Crippen LogP contribution in [0.5, 0.6) is 0 Å². The highest BCUT2D eigenvalue weighted by Gasteiger charge is 2.41. The van der Waals surface area contributed by atoms with Gasteiger partial charge in [-0.05, 0) is 46.9 Å². The van der Waals surface area contributed by atoms with Gasteiger partial charge in [0.25, 0.3) is 0 Å². The van der Waals surface area contributed by atoms with E-state index in [1.807, 2.05) is 0 Å². The fourth-order valence-corrected chi connectivity index (χ4v) is 4.75. The third kappa shape index (κ3) is 2.09. The second-order valence-corrected chi connectivity index (χ2v) is 7.69. The minimum Gasteiger partial charge on any atom is -0.316 e. The molecular formula is C11H14BrN3O2S. The van der Waals surface area contributed by atoms with Crippen molar-refractivity contribution in [3.8, 4) is 0 Å². The first kappa shape index (κ1) is 12.5. The predicted octanol–water partition coefficient (Wildman–Crippen LogP) is 0.684. The average molecular weight is 332 g/mol. The second kappa shape index (κ2) is 4.56. The van der Waals surface area contributed by atoms with Crippen molar-refractivity contribution in [3.63, 3.8) is 0 Å². The highest BCUT2D eigenvalue weighted by Crippen LogP contribution is 2.30. The number of hydrogen-bond donors (Lipinski definition) is 1. The van der Waals surface area contributed by atoms with Crippen LogP contribution in [0.1, 0.15) is 0 Å². The highest BCUT2D eigenvalue weighted by molar-refractivity contribution is 9.10. The lowest BCUT2D eigenvalue weighted by Crippen LogP contribution is -2.32. The highest BCUT2D eigenvalue weighted by atomic mass is 79.9. The number of aromatic nitrogens is 1. The molecule has 2 atom stereocenters. The standard InChI is InChI=1S/C11H14BrN3O2S/c12-10-1-11(5-14-4-10)18(16,17)15-6-8-2-13-3-9(8)7-15/h1,4-5,8-9,13H,2-3,6-7H2/t8-,9-/m0/s1. The molecule has 3 heterocycles. The second-order valence-electron chi connectivity index (χ2n) is 4.84. The molecule has 1 N–H and O–H groups in total. The van der Waals surface area contributed by atoms with Gasteiger partial charge in [-0.25, -0.2) is 8.42 Å². The lowest BCUT2D eigenvalue weighted by molar-refractivity contribution is 0.447. The summed E-state index contributed by atoms with van der Waals surface area (Å²) in [7, 11) is -3.39. The van der Waals surface area contributed by atoms with E-state index in [9.17, 15) is 8.42 Å². The summed E-state index contributed by atoms with van der Waals surface area (Å²) in [5.41, 5.74) is 0. The fourth-order valence-electron chi connectivity index (χ4n) is 2.69. The fraction of sp³-hybridized carbons (Fsp3) is 0.545. The van der Waals surface area contributed by atoms with E-state index < -0.39 is 10.0 Å². The Hall–Kier alpha value is -0.500. The molecule has 2 saturated heterocycles. The molecule has 2 fully saturated rings. The Bertz CT molecular complexity index is 551. The Balaban J connectivity index is 1.87. The predicted molar refractivity (Wildman–Crippen MR) is 70.5 cm³/mol. The number of halogens is 1. The van der Waals surface area contributed by atoms with Crippen molar-refractivity contribution in [3.05, 3.63) is 22.9 Å². The Kier molecular flexibility index (Phi) is 3.17. The zero-order chi connectivity index (χ0) is 12.8. The summed E-state index contributed by atoms with van der Waals surface area (Å²) in [6.45, 7) is 3.08. The smallest absolute Gasteiger partial charge is 0.244 e. The van der Waals surface area contributed by atoms with Crippen LogP contribution in [0.4, 0.5) is 0 Å². The van der Waals surface area contributed by atoms with Gasteiger partial charge in [0.05, 0.1) is 0 Å². The van der Waals surface area contributed by atoms with E-state index in [1.165, 1.54) is 6.20 Å². The van der Waals surface area contributed by atoms with Crippen molar-refractivity contribution < 1.29 is 8.42 Å². The number of nitrogens with one attached hydrogen (secondary N) is 1. The largest absolute Gasteiger partial charge is 0.316 e. The van der Waals surface area contributed by atoms with Crippen LogP contribution in [0.2, 0.25) is 0 Å². The topological polar surface area (TPSA) is 62.3 Å². The molecule has 2 aliphatic heterocycles. The Labute approximate surface area is 115 Å². The van der Waals surface area contributed by atoms with Gasteiger partial charge < -0.3 is 5.32 Å². The van der Waals surface area contributed by atoms with Crippen molar-refractivity contribution in [1.82, 2.24) is 14.6 Å². The molecule has 0 bridgehead atoms. The summed E-state index contributed by atoms with van der Waals surface area (Å²) >= 11 is 3.26. The van der Waals surface area contributed by atoms with Crippen molar-refractivity contribution in [2.24, 2.45) is 11.8 Å². The van der Waals surface area contributed by atoms with Gasteiger partial charge in [-0.1, -0.05) is 0 Å². The van der Waals surface area contributed by atoms with Crippen LogP contribution >= 0.6 is 15.9 Å². The summed E-state index contributed by atoms with van der Waals surface area (Å²) in [5, 5.41) is 3.30. The van der Waals surface area contributed by atoms with Crippen LogP contribution in [0, 0.1) is 11.8 Å². The third-order valence-electron chi connectivity index (χ3n) is 3.67. The molecule has 1 aromatic heterocycles. The molecule has 0 spiro atoms. The molecule has 1 aromatic rings. The molecule has 3 rings (SSSR count). The van der Waals surface area contributed by atoms with Gasteiger partial charge in [-0.2, -0.15) is 4.31 Å². The number of pyridine rings is 1. The number of fused-ring (bicyclic) bond motifs is 1. The summed E-state index contributed by atoms with van der Waals surface area (Å²) in [4.78, 5) is 4.20. The van der Waals surface area contributed by atoms with Crippen molar-refractivity contribution in [1.29, 1.82) is 0 Å². The first-order valence-electron chi connectivity index (χ1n) is 5.89. The molecule has 98 valence electrons. The maximum absolute atomic E-state index is 12.5. The molecule has 2 aliphatic rings. The lowest BCUT2D eigenvalue weighted by atomic mass is 10.0. The number of rotatable bonds is 2. The lowest BCUT2D eigenvalue weighted by Gasteiger charge is -2.17. The van der Waals surface area contributed by atoms with Crippen LogP contribution in [-0.4, -0.2) is 43.9 Å². The van der Waals surface area contributed by atoms with Gasteiger partial charge in [0, 0.05) is 30.0 Å². The maximum Gasteiger partial charge on any atom is 0.244 e. The summed E-state index contributed by atoms with van der Waals surface area (Å²) in [6, 6.07) is 1.61. The first-order chi connectivity index (χ1) is 8.57. The van der Waals surface area contributed by atoms with Gasteiger partial charge in [0.15, 0.2) is 0 Å². The SMILES string of the molecule is O=S(=O)(c1cncc(Br)c1)N1C[C@@H]2CNC[C@H]2C1. The average Bonchev–Trinajstić information content (AvgIpc) is 2.89. The maximum atomic E-state index is 12.5. The van der Waals surface area contributed by atoms with Crippen LogP contribution in [-0.2, 0) is 10.0 Å². The molecule has 5 nitrogen and oxygen atoms in total. The van der Waals surface area contributed by atoms with E-state index in [0.717, 1.165) is 13.1 Å².